The van der Waals surface area contributed by atoms with Gasteiger partial charge in [0.1, 0.15) is 0 Å². The lowest BCUT2D eigenvalue weighted by Gasteiger charge is -2.13. The van der Waals surface area contributed by atoms with E-state index in [2.05, 4.69) is 34.8 Å². The molecule has 18 heavy (non-hydrogen) atoms. The number of nitrogens with one attached hydrogen (secondary N) is 1. The van der Waals surface area contributed by atoms with Gasteiger partial charge in [-0.05, 0) is 32.0 Å². The maximum absolute atomic E-state index is 8.84. The molecule has 0 atom stereocenters. The Balaban J connectivity index is 2.07. The van der Waals surface area contributed by atoms with Crippen molar-refractivity contribution in [2.45, 2.75) is 26.4 Å². The van der Waals surface area contributed by atoms with Crippen LogP contribution < -0.4 is 5.32 Å². The van der Waals surface area contributed by atoms with Crippen LogP contribution in [0.25, 0.3) is 0 Å². The van der Waals surface area contributed by atoms with Gasteiger partial charge in [-0.15, -0.1) is 0 Å². The minimum Gasteiger partial charge on any atom is -0.379 e. The van der Waals surface area contributed by atoms with Gasteiger partial charge in [0.25, 0.3) is 0 Å². The van der Waals surface area contributed by atoms with Crippen LogP contribution in [0.2, 0.25) is 0 Å². The third kappa shape index (κ3) is 2.69. The average molecular weight is 240 g/mol. The lowest BCUT2D eigenvalue weighted by atomic mass is 10.2. The number of hydrogen-bond acceptors (Lipinski definition) is 3. The number of benzene rings is 1. The van der Waals surface area contributed by atoms with Gasteiger partial charge >= 0.3 is 0 Å². The maximum Gasteiger partial charge on any atom is 0.0992 e. The molecule has 0 fully saturated rings. The fourth-order valence-corrected chi connectivity index (χ4v) is 1.83. The van der Waals surface area contributed by atoms with Crippen molar-refractivity contribution in [3.8, 4) is 6.07 Å². The van der Waals surface area contributed by atoms with Crippen molar-refractivity contribution in [3.63, 3.8) is 0 Å². The Morgan fingerprint density at radius 2 is 2.28 bits per heavy atom. The Morgan fingerprint density at radius 1 is 1.44 bits per heavy atom. The van der Waals surface area contributed by atoms with Gasteiger partial charge in [0.2, 0.25) is 0 Å². The summed E-state index contributed by atoms with van der Waals surface area (Å²) in [6.45, 7) is 4.95. The van der Waals surface area contributed by atoms with Gasteiger partial charge in [-0.3, -0.25) is 0 Å². The van der Waals surface area contributed by atoms with Crippen molar-refractivity contribution in [1.29, 1.82) is 5.26 Å². The van der Waals surface area contributed by atoms with E-state index in [1.807, 2.05) is 30.7 Å². The number of rotatable bonds is 4. The fourth-order valence-electron chi connectivity index (χ4n) is 1.83. The van der Waals surface area contributed by atoms with E-state index in [9.17, 15) is 0 Å². The van der Waals surface area contributed by atoms with Gasteiger partial charge in [0, 0.05) is 17.9 Å². The standard InChI is InChI=1S/C14H16N4/c1-11(2)18-10-16-8-14(18)9-17-13-5-3-4-12(6-13)7-15/h3-6,8,10-11,17H,9H2,1-2H3. The molecule has 0 saturated carbocycles. The predicted octanol–water partition coefficient (Wildman–Crippen LogP) is 2.95. The summed E-state index contributed by atoms with van der Waals surface area (Å²) in [6.07, 6.45) is 3.70. The molecule has 0 radical (unpaired) electrons. The summed E-state index contributed by atoms with van der Waals surface area (Å²) >= 11 is 0. The second-order valence-corrected chi connectivity index (χ2v) is 4.43. The smallest absolute Gasteiger partial charge is 0.0992 e. The van der Waals surface area contributed by atoms with Crippen molar-refractivity contribution >= 4 is 5.69 Å². The van der Waals surface area contributed by atoms with E-state index >= 15 is 0 Å². The third-order valence-corrected chi connectivity index (χ3v) is 2.77. The highest BCUT2D eigenvalue weighted by molar-refractivity contribution is 5.49. The Bertz CT molecular complexity index is 563. The summed E-state index contributed by atoms with van der Waals surface area (Å²) in [6, 6.07) is 10.00. The number of aromatic nitrogens is 2. The summed E-state index contributed by atoms with van der Waals surface area (Å²) in [5.41, 5.74) is 2.75. The molecular formula is C14H16N4. The quantitative estimate of drug-likeness (QED) is 0.893. The highest BCUT2D eigenvalue weighted by Gasteiger charge is 2.04. The van der Waals surface area contributed by atoms with Crippen LogP contribution in [0.1, 0.15) is 31.1 Å². The third-order valence-electron chi connectivity index (χ3n) is 2.77. The topological polar surface area (TPSA) is 53.6 Å². The molecule has 0 aliphatic heterocycles. The van der Waals surface area contributed by atoms with E-state index in [0.717, 1.165) is 11.4 Å². The Kier molecular flexibility index (Phi) is 3.63. The molecule has 1 heterocycles. The van der Waals surface area contributed by atoms with Crippen molar-refractivity contribution in [1.82, 2.24) is 9.55 Å². The van der Waals surface area contributed by atoms with Crippen LogP contribution in [0.3, 0.4) is 0 Å². The largest absolute Gasteiger partial charge is 0.379 e. The normalized spacial score (nSPS) is 10.3. The number of nitriles is 1. The molecule has 2 aromatic rings. The Morgan fingerprint density at radius 3 is 3.00 bits per heavy atom. The first-order chi connectivity index (χ1) is 8.70. The van der Waals surface area contributed by atoms with Gasteiger partial charge in [-0.1, -0.05) is 6.07 Å². The van der Waals surface area contributed by atoms with E-state index in [1.165, 1.54) is 0 Å². The van der Waals surface area contributed by atoms with Crippen LogP contribution in [0, 0.1) is 11.3 Å². The summed E-state index contributed by atoms with van der Waals surface area (Å²) in [5, 5.41) is 12.1. The molecule has 0 aliphatic rings. The summed E-state index contributed by atoms with van der Waals surface area (Å²) in [4.78, 5) is 4.16. The monoisotopic (exact) mass is 240 g/mol. The first-order valence-electron chi connectivity index (χ1n) is 5.95. The lowest BCUT2D eigenvalue weighted by Crippen LogP contribution is -2.08. The molecule has 92 valence electrons. The molecule has 0 bridgehead atoms. The molecule has 4 nitrogen and oxygen atoms in total. The number of anilines is 1. The van der Waals surface area contributed by atoms with Crippen molar-refractivity contribution in [2.75, 3.05) is 5.32 Å². The first-order valence-corrected chi connectivity index (χ1v) is 5.95. The summed E-state index contributed by atoms with van der Waals surface area (Å²) in [5.74, 6) is 0. The molecule has 0 aliphatic carbocycles. The minimum atomic E-state index is 0.398. The second-order valence-electron chi connectivity index (χ2n) is 4.43. The van der Waals surface area contributed by atoms with E-state index in [0.29, 0.717) is 18.2 Å². The van der Waals surface area contributed by atoms with Crippen LogP contribution in [0.15, 0.2) is 36.8 Å². The zero-order valence-electron chi connectivity index (χ0n) is 10.6. The van der Waals surface area contributed by atoms with Crippen LogP contribution in [0.5, 0.6) is 0 Å². The number of hydrogen-bond donors (Lipinski definition) is 1. The number of nitrogens with zero attached hydrogens (tertiary/aromatic N) is 3. The van der Waals surface area contributed by atoms with Crippen molar-refractivity contribution in [2.24, 2.45) is 0 Å². The lowest BCUT2D eigenvalue weighted by molar-refractivity contribution is 0.577. The number of imidazole rings is 1. The van der Waals surface area contributed by atoms with Crippen molar-refractivity contribution in [3.05, 3.63) is 48.0 Å². The molecule has 0 amide bonds. The van der Waals surface area contributed by atoms with Gasteiger partial charge < -0.3 is 9.88 Å². The second kappa shape index (κ2) is 5.37. The summed E-state index contributed by atoms with van der Waals surface area (Å²) < 4.78 is 2.13. The molecule has 1 aromatic carbocycles. The van der Waals surface area contributed by atoms with Gasteiger partial charge in [-0.25, -0.2) is 4.98 Å². The maximum atomic E-state index is 8.84. The van der Waals surface area contributed by atoms with Crippen LogP contribution in [-0.4, -0.2) is 9.55 Å². The molecule has 0 saturated heterocycles. The molecule has 0 unspecified atom stereocenters. The van der Waals surface area contributed by atoms with E-state index in [4.69, 9.17) is 5.26 Å². The first kappa shape index (κ1) is 12.2. The van der Waals surface area contributed by atoms with Gasteiger partial charge in [-0.2, -0.15) is 5.26 Å². The van der Waals surface area contributed by atoms with Crippen molar-refractivity contribution < 1.29 is 0 Å². The molecule has 1 N–H and O–H groups in total. The molecule has 1 aromatic heterocycles. The molecule has 0 spiro atoms. The molecule has 4 heteroatoms. The fraction of sp³-hybridized carbons (Fsp3) is 0.286. The van der Waals surface area contributed by atoms with Gasteiger partial charge in [0.05, 0.1) is 30.2 Å². The summed E-state index contributed by atoms with van der Waals surface area (Å²) in [7, 11) is 0. The van der Waals surface area contributed by atoms with Gasteiger partial charge in [0.15, 0.2) is 0 Å². The van der Waals surface area contributed by atoms with Crippen LogP contribution in [0.4, 0.5) is 5.69 Å². The average Bonchev–Trinajstić information content (AvgIpc) is 2.85. The highest BCUT2D eigenvalue weighted by atomic mass is 15.1. The Labute approximate surface area is 107 Å². The van der Waals surface area contributed by atoms with Crippen LogP contribution in [-0.2, 0) is 6.54 Å². The van der Waals surface area contributed by atoms with Crippen LogP contribution >= 0.6 is 0 Å². The predicted molar refractivity (Wildman–Crippen MR) is 71.1 cm³/mol. The van der Waals surface area contributed by atoms with E-state index < -0.39 is 0 Å². The van der Waals surface area contributed by atoms with E-state index in [-0.39, 0.29) is 0 Å². The minimum absolute atomic E-state index is 0.398. The van der Waals surface area contributed by atoms with E-state index in [1.54, 1.807) is 6.07 Å². The zero-order chi connectivity index (χ0) is 13.0. The highest BCUT2D eigenvalue weighted by Crippen LogP contribution is 2.13. The molecule has 2 rings (SSSR count). The Hall–Kier alpha value is -2.28. The SMILES string of the molecule is CC(C)n1cncc1CNc1cccc(C#N)c1. The zero-order valence-corrected chi connectivity index (χ0v) is 10.6. The molecular weight excluding hydrogens is 224 g/mol.